The van der Waals surface area contributed by atoms with Crippen LogP contribution in [0, 0.1) is 0 Å². The van der Waals surface area contributed by atoms with E-state index in [0.717, 1.165) is 25.2 Å². The Balaban J connectivity index is 2.13. The summed E-state index contributed by atoms with van der Waals surface area (Å²) in [5, 5.41) is 0. The van der Waals surface area contributed by atoms with Crippen molar-refractivity contribution in [2.24, 2.45) is 0 Å². The number of nitrogens with zero attached hydrogens (tertiary/aromatic N) is 1. The third-order valence-corrected chi connectivity index (χ3v) is 2.89. The monoisotopic (exact) mass is 215 g/mol. The molecule has 2 rings (SSSR count). The zero-order valence-electron chi connectivity index (χ0n) is 8.20. The Morgan fingerprint density at radius 2 is 2.50 bits per heavy atom. The van der Waals surface area contributed by atoms with Crippen molar-refractivity contribution < 1.29 is 9.15 Å². The highest BCUT2D eigenvalue weighted by Gasteiger charge is 2.30. The lowest BCUT2D eigenvalue weighted by Gasteiger charge is -2.13. The van der Waals surface area contributed by atoms with Crippen LogP contribution in [0.25, 0.3) is 0 Å². The van der Waals surface area contributed by atoms with Gasteiger partial charge in [0.2, 0.25) is 5.89 Å². The first-order valence-corrected chi connectivity index (χ1v) is 5.50. The van der Waals surface area contributed by atoms with E-state index in [0.29, 0.717) is 17.7 Å². The van der Waals surface area contributed by atoms with Gasteiger partial charge in [0, 0.05) is 12.5 Å². The number of rotatable bonds is 3. The molecule has 14 heavy (non-hydrogen) atoms. The first-order valence-electron chi connectivity index (χ1n) is 4.97. The minimum absolute atomic E-state index is 0.283. The van der Waals surface area contributed by atoms with E-state index in [1.165, 1.54) is 0 Å². The molecule has 78 valence electrons. The zero-order chi connectivity index (χ0) is 9.97. The van der Waals surface area contributed by atoms with Gasteiger partial charge in [0.1, 0.15) is 5.76 Å². The summed E-state index contributed by atoms with van der Waals surface area (Å²) >= 11 is 5.63. The summed E-state index contributed by atoms with van der Waals surface area (Å²) in [6.07, 6.45) is 4.10. The molecule has 0 bridgehead atoms. The van der Waals surface area contributed by atoms with Crippen LogP contribution in [0.15, 0.2) is 10.6 Å². The normalized spacial score (nSPS) is 27.0. The second-order valence-electron chi connectivity index (χ2n) is 3.50. The third-order valence-electron chi connectivity index (χ3n) is 2.66. The van der Waals surface area contributed by atoms with E-state index in [-0.39, 0.29) is 6.10 Å². The Kier molecular flexibility index (Phi) is 3.08. The van der Waals surface area contributed by atoms with E-state index < -0.39 is 0 Å². The van der Waals surface area contributed by atoms with Gasteiger partial charge in [0.25, 0.3) is 0 Å². The molecule has 2 atom stereocenters. The molecule has 0 spiro atoms. The van der Waals surface area contributed by atoms with Crippen LogP contribution in [0.5, 0.6) is 0 Å². The fourth-order valence-electron chi connectivity index (χ4n) is 1.93. The molecule has 2 unspecified atom stereocenters. The maximum atomic E-state index is 5.63. The number of hydrogen-bond donors (Lipinski definition) is 0. The molecule has 1 saturated heterocycles. The molecule has 0 N–H and O–H groups in total. The first kappa shape index (κ1) is 9.99. The zero-order valence-corrected chi connectivity index (χ0v) is 8.96. The van der Waals surface area contributed by atoms with Crippen LogP contribution < -0.4 is 0 Å². The van der Waals surface area contributed by atoms with Gasteiger partial charge in [-0.05, 0) is 12.8 Å². The Bertz CT molecular complexity index is 300. The van der Waals surface area contributed by atoms with Crippen LogP contribution in [-0.4, -0.2) is 17.7 Å². The average Bonchev–Trinajstić information content (AvgIpc) is 2.85. The smallest absolute Gasteiger partial charge is 0.209 e. The summed E-state index contributed by atoms with van der Waals surface area (Å²) in [5.74, 6) is 2.22. The second kappa shape index (κ2) is 4.32. The van der Waals surface area contributed by atoms with Gasteiger partial charge >= 0.3 is 0 Å². The van der Waals surface area contributed by atoms with E-state index in [1.807, 2.05) is 0 Å². The van der Waals surface area contributed by atoms with Crippen LogP contribution in [0.4, 0.5) is 0 Å². The van der Waals surface area contributed by atoms with Crippen LogP contribution in [0.1, 0.15) is 37.3 Å². The molecular formula is C10H14ClNO2. The standard InChI is InChI=1S/C10H14ClNO2/c1-2-8-7(3-4-13-8)9-6-12-10(5-11)14-9/h6-8H,2-5H2,1H3. The largest absolute Gasteiger partial charge is 0.444 e. The van der Waals surface area contributed by atoms with Crippen molar-refractivity contribution in [3.05, 3.63) is 17.8 Å². The highest BCUT2D eigenvalue weighted by Crippen LogP contribution is 2.33. The van der Waals surface area contributed by atoms with Crippen molar-refractivity contribution in [2.75, 3.05) is 6.61 Å². The van der Waals surface area contributed by atoms with Crippen LogP contribution >= 0.6 is 11.6 Å². The van der Waals surface area contributed by atoms with E-state index in [4.69, 9.17) is 20.8 Å². The molecule has 1 aromatic rings. The Morgan fingerprint density at radius 3 is 3.14 bits per heavy atom. The minimum atomic E-state index is 0.283. The molecule has 0 saturated carbocycles. The van der Waals surface area contributed by atoms with Gasteiger partial charge in [0.05, 0.1) is 18.2 Å². The van der Waals surface area contributed by atoms with Crippen molar-refractivity contribution in [3.8, 4) is 0 Å². The molecular weight excluding hydrogens is 202 g/mol. The van der Waals surface area contributed by atoms with Crippen LogP contribution in [0.2, 0.25) is 0 Å². The van der Waals surface area contributed by atoms with Gasteiger partial charge in [-0.2, -0.15) is 0 Å². The lowest BCUT2D eigenvalue weighted by molar-refractivity contribution is 0.0972. The SMILES string of the molecule is CCC1OCCC1c1cnc(CCl)o1. The summed E-state index contributed by atoms with van der Waals surface area (Å²) < 4.78 is 11.1. The highest BCUT2D eigenvalue weighted by atomic mass is 35.5. The lowest BCUT2D eigenvalue weighted by atomic mass is 9.97. The molecule has 0 aliphatic carbocycles. The van der Waals surface area contributed by atoms with Gasteiger partial charge < -0.3 is 9.15 Å². The van der Waals surface area contributed by atoms with E-state index in [2.05, 4.69) is 11.9 Å². The summed E-state index contributed by atoms with van der Waals surface area (Å²) in [4.78, 5) is 4.09. The van der Waals surface area contributed by atoms with Crippen molar-refractivity contribution in [3.63, 3.8) is 0 Å². The molecule has 2 heterocycles. The van der Waals surface area contributed by atoms with E-state index in [1.54, 1.807) is 6.20 Å². The van der Waals surface area contributed by atoms with Crippen LogP contribution in [-0.2, 0) is 10.6 Å². The Hall–Kier alpha value is -0.540. The van der Waals surface area contributed by atoms with E-state index >= 15 is 0 Å². The number of aromatic nitrogens is 1. The summed E-state index contributed by atoms with van der Waals surface area (Å²) in [6.45, 7) is 2.95. The number of halogens is 1. The molecule has 1 aliphatic heterocycles. The van der Waals surface area contributed by atoms with Crippen molar-refractivity contribution in [1.29, 1.82) is 0 Å². The molecule has 4 heteroatoms. The number of hydrogen-bond acceptors (Lipinski definition) is 3. The minimum Gasteiger partial charge on any atom is -0.444 e. The topological polar surface area (TPSA) is 35.3 Å². The summed E-state index contributed by atoms with van der Waals surface area (Å²) in [7, 11) is 0. The quantitative estimate of drug-likeness (QED) is 0.728. The number of ether oxygens (including phenoxy) is 1. The predicted molar refractivity (Wildman–Crippen MR) is 53.4 cm³/mol. The molecule has 3 nitrogen and oxygen atoms in total. The Labute approximate surface area is 88.4 Å². The second-order valence-corrected chi connectivity index (χ2v) is 3.77. The van der Waals surface area contributed by atoms with Gasteiger partial charge in [0.15, 0.2) is 0 Å². The molecule has 0 radical (unpaired) electrons. The fourth-order valence-corrected chi connectivity index (χ4v) is 2.06. The highest BCUT2D eigenvalue weighted by molar-refractivity contribution is 6.16. The number of alkyl halides is 1. The summed E-state index contributed by atoms with van der Waals surface area (Å²) in [6, 6.07) is 0. The maximum Gasteiger partial charge on any atom is 0.209 e. The molecule has 1 aromatic heterocycles. The van der Waals surface area contributed by atoms with Gasteiger partial charge in [-0.25, -0.2) is 4.98 Å². The van der Waals surface area contributed by atoms with Gasteiger partial charge in [-0.1, -0.05) is 6.92 Å². The van der Waals surface area contributed by atoms with Crippen molar-refractivity contribution >= 4 is 11.6 Å². The van der Waals surface area contributed by atoms with E-state index in [9.17, 15) is 0 Å². The fraction of sp³-hybridized carbons (Fsp3) is 0.700. The first-order chi connectivity index (χ1) is 6.85. The maximum absolute atomic E-state index is 5.63. The summed E-state index contributed by atoms with van der Waals surface area (Å²) in [5.41, 5.74) is 0. The van der Waals surface area contributed by atoms with Gasteiger partial charge in [-0.15, -0.1) is 11.6 Å². The molecule has 0 amide bonds. The van der Waals surface area contributed by atoms with Crippen LogP contribution in [0.3, 0.4) is 0 Å². The van der Waals surface area contributed by atoms with Crippen molar-refractivity contribution in [2.45, 2.75) is 37.7 Å². The predicted octanol–water partition coefficient (Wildman–Crippen LogP) is 2.70. The lowest BCUT2D eigenvalue weighted by Crippen LogP contribution is -2.12. The molecule has 1 fully saturated rings. The van der Waals surface area contributed by atoms with Crippen molar-refractivity contribution in [1.82, 2.24) is 4.98 Å². The third kappa shape index (κ3) is 1.79. The number of oxazole rings is 1. The van der Waals surface area contributed by atoms with Gasteiger partial charge in [-0.3, -0.25) is 0 Å². The average molecular weight is 216 g/mol. The molecule has 0 aromatic carbocycles. The molecule has 1 aliphatic rings. The Morgan fingerprint density at radius 1 is 1.64 bits per heavy atom.